The molecule has 1 atom stereocenters. The summed E-state index contributed by atoms with van der Waals surface area (Å²) in [5.74, 6) is 0.816. The summed E-state index contributed by atoms with van der Waals surface area (Å²) < 4.78 is 5.41. The number of methoxy groups -OCH3 is 1. The number of para-hydroxylation sites is 3. The smallest absolute Gasteiger partial charge is 0.142 e. The van der Waals surface area contributed by atoms with E-state index in [1.54, 1.807) is 7.11 Å². The van der Waals surface area contributed by atoms with E-state index >= 15 is 0 Å². The van der Waals surface area contributed by atoms with Crippen LogP contribution in [0.1, 0.15) is 25.0 Å². The third-order valence-electron chi connectivity index (χ3n) is 3.49. The summed E-state index contributed by atoms with van der Waals surface area (Å²) in [4.78, 5) is 2.05. The van der Waals surface area contributed by atoms with E-state index in [0.717, 1.165) is 22.7 Å². The maximum atomic E-state index is 10.2. The van der Waals surface area contributed by atoms with Gasteiger partial charge in [0.15, 0.2) is 0 Å². The van der Waals surface area contributed by atoms with Gasteiger partial charge in [0, 0.05) is 18.3 Å². The summed E-state index contributed by atoms with van der Waals surface area (Å²) >= 11 is 0. The lowest BCUT2D eigenvalue weighted by Crippen LogP contribution is -2.14. The Hall–Kier alpha value is -2.00. The van der Waals surface area contributed by atoms with E-state index in [-0.39, 0.29) is 0 Å². The Bertz CT molecular complexity index is 568. The molecule has 0 heterocycles. The molecular weight excluding hydrogens is 250 g/mol. The molecule has 0 bridgehead atoms. The molecule has 2 aromatic carbocycles. The Morgan fingerprint density at radius 1 is 1.05 bits per heavy atom. The summed E-state index contributed by atoms with van der Waals surface area (Å²) in [5.41, 5.74) is 2.90. The van der Waals surface area contributed by atoms with Crippen molar-refractivity contribution >= 4 is 11.4 Å². The van der Waals surface area contributed by atoms with Gasteiger partial charge in [-0.25, -0.2) is 0 Å². The highest BCUT2D eigenvalue weighted by Gasteiger charge is 2.16. The lowest BCUT2D eigenvalue weighted by Gasteiger charge is -2.25. The van der Waals surface area contributed by atoms with Gasteiger partial charge in [-0.05, 0) is 24.6 Å². The molecule has 1 N–H and O–H groups in total. The highest BCUT2D eigenvalue weighted by molar-refractivity contribution is 5.71. The second kappa shape index (κ2) is 6.44. The summed E-state index contributed by atoms with van der Waals surface area (Å²) in [6, 6.07) is 15.8. The van der Waals surface area contributed by atoms with Crippen molar-refractivity contribution in [3.05, 3.63) is 54.1 Å². The molecule has 0 aliphatic heterocycles. The summed E-state index contributed by atoms with van der Waals surface area (Å²) in [6.45, 7) is 1.98. The number of rotatable bonds is 5. The Labute approximate surface area is 120 Å². The maximum Gasteiger partial charge on any atom is 0.142 e. The molecular formula is C17H21NO2. The fourth-order valence-corrected chi connectivity index (χ4v) is 2.33. The van der Waals surface area contributed by atoms with Crippen molar-refractivity contribution in [1.29, 1.82) is 0 Å². The molecule has 3 heteroatoms. The maximum absolute atomic E-state index is 10.2. The van der Waals surface area contributed by atoms with Gasteiger partial charge in [0.1, 0.15) is 5.75 Å². The topological polar surface area (TPSA) is 32.7 Å². The van der Waals surface area contributed by atoms with Crippen molar-refractivity contribution in [3.8, 4) is 5.75 Å². The fourth-order valence-electron chi connectivity index (χ4n) is 2.33. The number of anilines is 2. The molecule has 0 aromatic heterocycles. The van der Waals surface area contributed by atoms with Gasteiger partial charge in [-0.15, -0.1) is 0 Å². The minimum absolute atomic E-state index is 0.455. The van der Waals surface area contributed by atoms with Crippen LogP contribution < -0.4 is 9.64 Å². The van der Waals surface area contributed by atoms with E-state index in [9.17, 15) is 5.11 Å². The van der Waals surface area contributed by atoms with E-state index in [2.05, 4.69) is 0 Å². The normalized spacial score (nSPS) is 12.0. The van der Waals surface area contributed by atoms with Crippen LogP contribution in [0.5, 0.6) is 5.75 Å². The first kappa shape index (κ1) is 14.4. The van der Waals surface area contributed by atoms with Gasteiger partial charge in [0.2, 0.25) is 0 Å². The van der Waals surface area contributed by atoms with Crippen LogP contribution in [-0.4, -0.2) is 19.3 Å². The third-order valence-corrected chi connectivity index (χ3v) is 3.49. The molecule has 3 nitrogen and oxygen atoms in total. The average Bonchev–Trinajstić information content (AvgIpc) is 2.53. The second-order valence-corrected chi connectivity index (χ2v) is 4.71. The largest absolute Gasteiger partial charge is 0.495 e. The summed E-state index contributed by atoms with van der Waals surface area (Å²) in [6.07, 6.45) is 0.236. The van der Waals surface area contributed by atoms with E-state index in [1.807, 2.05) is 67.4 Å². The van der Waals surface area contributed by atoms with Gasteiger partial charge in [-0.1, -0.05) is 37.3 Å². The van der Waals surface area contributed by atoms with Crippen LogP contribution in [0, 0.1) is 0 Å². The van der Waals surface area contributed by atoms with Gasteiger partial charge < -0.3 is 14.7 Å². The minimum Gasteiger partial charge on any atom is -0.495 e. The highest BCUT2D eigenvalue weighted by atomic mass is 16.5. The molecule has 0 aliphatic carbocycles. The fraction of sp³-hybridized carbons (Fsp3) is 0.294. The molecule has 2 aromatic rings. The first-order valence-corrected chi connectivity index (χ1v) is 6.82. The van der Waals surface area contributed by atoms with Gasteiger partial charge >= 0.3 is 0 Å². The number of ether oxygens (including phenoxy) is 1. The lowest BCUT2D eigenvalue weighted by molar-refractivity contribution is 0.174. The van der Waals surface area contributed by atoms with Crippen LogP contribution in [0.4, 0.5) is 11.4 Å². The molecule has 0 radical (unpaired) electrons. The molecule has 20 heavy (non-hydrogen) atoms. The summed E-state index contributed by atoms with van der Waals surface area (Å²) in [7, 11) is 3.65. The van der Waals surface area contributed by atoms with Gasteiger partial charge in [0.05, 0.1) is 18.9 Å². The zero-order valence-corrected chi connectivity index (χ0v) is 12.2. The Morgan fingerprint density at radius 3 is 2.30 bits per heavy atom. The van der Waals surface area contributed by atoms with Crippen LogP contribution in [0.2, 0.25) is 0 Å². The van der Waals surface area contributed by atoms with E-state index in [0.29, 0.717) is 6.42 Å². The van der Waals surface area contributed by atoms with Crippen LogP contribution in [0.3, 0.4) is 0 Å². The quantitative estimate of drug-likeness (QED) is 0.895. The van der Waals surface area contributed by atoms with Crippen molar-refractivity contribution in [1.82, 2.24) is 0 Å². The standard InChI is InChI=1S/C17H21NO2/c1-4-16(19)13-9-5-6-10-14(13)18(2)15-11-7-8-12-17(15)20-3/h5-12,16,19H,4H2,1-3H3/t16-/m0/s1. The highest BCUT2D eigenvalue weighted by Crippen LogP contribution is 2.36. The average molecular weight is 271 g/mol. The van der Waals surface area contributed by atoms with Crippen LogP contribution >= 0.6 is 0 Å². The van der Waals surface area contributed by atoms with Gasteiger partial charge in [-0.3, -0.25) is 0 Å². The number of nitrogens with zero attached hydrogens (tertiary/aromatic N) is 1. The molecule has 0 spiro atoms. The van der Waals surface area contributed by atoms with E-state index in [4.69, 9.17) is 4.74 Å². The molecule has 0 amide bonds. The minimum atomic E-state index is -0.455. The van der Waals surface area contributed by atoms with Crippen LogP contribution in [0.25, 0.3) is 0 Å². The number of hydrogen-bond donors (Lipinski definition) is 1. The zero-order valence-electron chi connectivity index (χ0n) is 12.2. The third kappa shape index (κ3) is 2.78. The van der Waals surface area contributed by atoms with E-state index in [1.165, 1.54) is 0 Å². The summed E-state index contributed by atoms with van der Waals surface area (Å²) in [5, 5.41) is 10.2. The van der Waals surface area contributed by atoms with Gasteiger partial charge in [0.25, 0.3) is 0 Å². The van der Waals surface area contributed by atoms with Crippen molar-refractivity contribution in [2.45, 2.75) is 19.4 Å². The second-order valence-electron chi connectivity index (χ2n) is 4.71. The van der Waals surface area contributed by atoms with Crippen LogP contribution in [-0.2, 0) is 0 Å². The molecule has 106 valence electrons. The van der Waals surface area contributed by atoms with Crippen molar-refractivity contribution in [3.63, 3.8) is 0 Å². The van der Waals surface area contributed by atoms with Gasteiger partial charge in [-0.2, -0.15) is 0 Å². The predicted molar refractivity (Wildman–Crippen MR) is 82.7 cm³/mol. The predicted octanol–water partition coefficient (Wildman–Crippen LogP) is 3.91. The molecule has 0 unspecified atom stereocenters. The van der Waals surface area contributed by atoms with Crippen molar-refractivity contribution in [2.24, 2.45) is 0 Å². The van der Waals surface area contributed by atoms with Crippen molar-refractivity contribution in [2.75, 3.05) is 19.1 Å². The Balaban J connectivity index is 2.45. The first-order chi connectivity index (χ1) is 9.69. The molecule has 0 saturated carbocycles. The Morgan fingerprint density at radius 2 is 1.65 bits per heavy atom. The lowest BCUT2D eigenvalue weighted by atomic mass is 10.0. The molecule has 0 saturated heterocycles. The number of benzene rings is 2. The molecule has 0 fully saturated rings. The van der Waals surface area contributed by atoms with Crippen molar-refractivity contribution < 1.29 is 9.84 Å². The number of aliphatic hydroxyl groups is 1. The number of aliphatic hydroxyl groups excluding tert-OH is 1. The molecule has 0 aliphatic rings. The monoisotopic (exact) mass is 271 g/mol. The molecule has 2 rings (SSSR count). The van der Waals surface area contributed by atoms with E-state index < -0.39 is 6.10 Å². The Kier molecular flexibility index (Phi) is 4.64. The number of hydrogen-bond acceptors (Lipinski definition) is 3. The first-order valence-electron chi connectivity index (χ1n) is 6.82. The zero-order chi connectivity index (χ0) is 14.5. The SMILES string of the molecule is CC[C@H](O)c1ccccc1N(C)c1ccccc1OC. The van der Waals surface area contributed by atoms with Crippen LogP contribution in [0.15, 0.2) is 48.5 Å².